The lowest BCUT2D eigenvalue weighted by molar-refractivity contribution is 0.0917. The Morgan fingerprint density at radius 3 is 2.72 bits per heavy atom. The highest BCUT2D eigenvalue weighted by Gasteiger charge is 2.47. The van der Waals surface area contributed by atoms with Gasteiger partial charge in [0, 0.05) is 42.3 Å². The van der Waals surface area contributed by atoms with Crippen LogP contribution < -0.4 is 10.2 Å². The molecular formula is C21H29N3O. The Bertz CT molecular complexity index is 694. The third-order valence-corrected chi connectivity index (χ3v) is 6.82. The van der Waals surface area contributed by atoms with Gasteiger partial charge in [-0.25, -0.2) is 0 Å². The Morgan fingerprint density at radius 1 is 1.24 bits per heavy atom. The summed E-state index contributed by atoms with van der Waals surface area (Å²) in [5, 5.41) is 3.20. The van der Waals surface area contributed by atoms with Crippen LogP contribution in [0.3, 0.4) is 0 Å². The Morgan fingerprint density at radius 2 is 2.08 bits per heavy atom. The van der Waals surface area contributed by atoms with E-state index in [0.29, 0.717) is 6.04 Å². The summed E-state index contributed by atoms with van der Waals surface area (Å²) in [6.07, 6.45) is 7.52. The molecule has 1 aromatic carbocycles. The molecule has 2 aliphatic heterocycles. The van der Waals surface area contributed by atoms with Crippen molar-refractivity contribution in [3.05, 3.63) is 29.3 Å². The number of hydrogen-bond acceptors (Lipinski definition) is 3. The van der Waals surface area contributed by atoms with E-state index in [1.54, 1.807) is 0 Å². The first kappa shape index (κ1) is 15.7. The van der Waals surface area contributed by atoms with Crippen LogP contribution in [-0.2, 0) is 5.41 Å². The van der Waals surface area contributed by atoms with Gasteiger partial charge < -0.3 is 15.1 Å². The van der Waals surface area contributed by atoms with E-state index in [1.807, 2.05) is 6.07 Å². The second kappa shape index (κ2) is 5.73. The monoisotopic (exact) mass is 339 g/mol. The van der Waals surface area contributed by atoms with Crippen molar-refractivity contribution in [1.29, 1.82) is 0 Å². The van der Waals surface area contributed by atoms with Gasteiger partial charge in [-0.05, 0) is 81.8 Å². The maximum absolute atomic E-state index is 12.6. The largest absolute Gasteiger partial charge is 0.370 e. The van der Waals surface area contributed by atoms with E-state index >= 15 is 0 Å². The third kappa shape index (κ3) is 2.75. The molecule has 3 fully saturated rings. The number of hydrogen-bond donors (Lipinski definition) is 1. The summed E-state index contributed by atoms with van der Waals surface area (Å²) >= 11 is 0. The molecule has 1 saturated heterocycles. The quantitative estimate of drug-likeness (QED) is 0.916. The summed E-state index contributed by atoms with van der Waals surface area (Å²) in [5.41, 5.74) is 3.90. The molecule has 2 saturated carbocycles. The van der Waals surface area contributed by atoms with E-state index in [-0.39, 0.29) is 11.3 Å². The molecule has 2 heterocycles. The van der Waals surface area contributed by atoms with Gasteiger partial charge in [-0.2, -0.15) is 0 Å². The molecule has 2 aliphatic carbocycles. The van der Waals surface area contributed by atoms with Gasteiger partial charge >= 0.3 is 0 Å². The van der Waals surface area contributed by atoms with Crippen LogP contribution in [0.5, 0.6) is 0 Å². The Hall–Kier alpha value is -1.55. The highest BCUT2D eigenvalue weighted by molar-refractivity contribution is 5.95. The molecule has 4 aliphatic rings. The van der Waals surface area contributed by atoms with Crippen LogP contribution in [0.4, 0.5) is 5.69 Å². The standard InChI is InChI=1S/C21H29N3O/c1-23-10-9-21(13-23)14-24(12-15-5-6-15)19-8-7-16(11-18(19)21)20(25)22-17-3-2-4-17/h7-8,11,15,17H,2-6,9-10,12-14H2,1H3,(H,22,25). The minimum Gasteiger partial charge on any atom is -0.370 e. The van der Waals surface area contributed by atoms with E-state index in [0.717, 1.165) is 44.0 Å². The van der Waals surface area contributed by atoms with Crippen molar-refractivity contribution in [1.82, 2.24) is 10.2 Å². The number of carbonyl (C=O) groups is 1. The van der Waals surface area contributed by atoms with Crippen LogP contribution in [-0.4, -0.2) is 50.1 Å². The highest BCUT2D eigenvalue weighted by atomic mass is 16.1. The van der Waals surface area contributed by atoms with Crippen LogP contribution in [0.1, 0.15) is 54.4 Å². The Kier molecular flexibility index (Phi) is 3.60. The molecule has 1 amide bonds. The number of likely N-dealkylation sites (tertiary alicyclic amines) is 1. The molecule has 25 heavy (non-hydrogen) atoms. The van der Waals surface area contributed by atoms with Crippen molar-refractivity contribution in [2.24, 2.45) is 5.92 Å². The van der Waals surface area contributed by atoms with E-state index in [1.165, 1.54) is 43.5 Å². The van der Waals surface area contributed by atoms with Crippen molar-refractivity contribution in [2.45, 2.75) is 50.0 Å². The number of carbonyl (C=O) groups excluding carboxylic acids is 1. The first-order valence-corrected chi connectivity index (χ1v) is 10.0. The second-order valence-corrected chi connectivity index (χ2v) is 8.93. The summed E-state index contributed by atoms with van der Waals surface area (Å²) in [6.45, 7) is 4.62. The second-order valence-electron chi connectivity index (χ2n) is 8.93. The number of amides is 1. The van der Waals surface area contributed by atoms with Gasteiger partial charge in [-0.3, -0.25) is 4.79 Å². The normalized spacial score (nSPS) is 29.1. The number of likely N-dealkylation sites (N-methyl/N-ethyl adjacent to an activating group) is 1. The number of rotatable bonds is 4. The highest BCUT2D eigenvalue weighted by Crippen LogP contribution is 2.47. The molecule has 1 N–H and O–H groups in total. The molecule has 4 nitrogen and oxygen atoms in total. The fourth-order valence-electron chi connectivity index (χ4n) is 4.94. The number of anilines is 1. The van der Waals surface area contributed by atoms with Crippen molar-refractivity contribution < 1.29 is 4.79 Å². The minimum absolute atomic E-state index is 0.120. The van der Waals surface area contributed by atoms with Gasteiger partial charge in [-0.1, -0.05) is 0 Å². The fourth-order valence-corrected chi connectivity index (χ4v) is 4.94. The molecule has 0 radical (unpaired) electrons. The first-order valence-electron chi connectivity index (χ1n) is 10.0. The lowest BCUT2D eigenvalue weighted by atomic mass is 9.81. The molecule has 5 rings (SSSR count). The number of benzene rings is 1. The van der Waals surface area contributed by atoms with Crippen molar-refractivity contribution in [3.63, 3.8) is 0 Å². The molecule has 134 valence electrons. The molecule has 0 aromatic heterocycles. The van der Waals surface area contributed by atoms with Gasteiger partial charge in [0.1, 0.15) is 0 Å². The predicted molar refractivity (Wildman–Crippen MR) is 100 cm³/mol. The molecule has 1 atom stereocenters. The topological polar surface area (TPSA) is 35.6 Å². The van der Waals surface area contributed by atoms with Crippen LogP contribution in [0.15, 0.2) is 18.2 Å². The molecule has 4 heteroatoms. The number of nitrogens with one attached hydrogen (secondary N) is 1. The van der Waals surface area contributed by atoms with Crippen LogP contribution in [0.25, 0.3) is 0 Å². The zero-order chi connectivity index (χ0) is 17.0. The maximum atomic E-state index is 12.6. The lowest BCUT2D eigenvalue weighted by Gasteiger charge is -2.27. The van der Waals surface area contributed by atoms with E-state index in [4.69, 9.17) is 0 Å². The fraction of sp³-hybridized carbons (Fsp3) is 0.667. The minimum atomic E-state index is 0.120. The molecule has 1 spiro atoms. The van der Waals surface area contributed by atoms with Gasteiger partial charge in [0.25, 0.3) is 5.91 Å². The summed E-state index contributed by atoms with van der Waals surface area (Å²) in [4.78, 5) is 17.7. The van der Waals surface area contributed by atoms with Crippen LogP contribution >= 0.6 is 0 Å². The van der Waals surface area contributed by atoms with Crippen LogP contribution in [0.2, 0.25) is 0 Å². The lowest BCUT2D eigenvalue weighted by Crippen LogP contribution is -2.39. The van der Waals surface area contributed by atoms with E-state index in [2.05, 4.69) is 34.3 Å². The van der Waals surface area contributed by atoms with Crippen LogP contribution in [0, 0.1) is 5.92 Å². The Labute approximate surface area is 150 Å². The zero-order valence-corrected chi connectivity index (χ0v) is 15.3. The third-order valence-electron chi connectivity index (χ3n) is 6.82. The average Bonchev–Trinajstić information content (AvgIpc) is 3.23. The number of nitrogens with zero attached hydrogens (tertiary/aromatic N) is 2. The maximum Gasteiger partial charge on any atom is 0.251 e. The zero-order valence-electron chi connectivity index (χ0n) is 15.3. The molecule has 1 unspecified atom stereocenters. The molecular weight excluding hydrogens is 310 g/mol. The summed E-state index contributed by atoms with van der Waals surface area (Å²) in [5.74, 6) is 1.01. The van der Waals surface area contributed by atoms with Gasteiger partial charge in [0.2, 0.25) is 0 Å². The van der Waals surface area contributed by atoms with E-state index in [9.17, 15) is 4.79 Å². The molecule has 1 aromatic rings. The summed E-state index contributed by atoms with van der Waals surface area (Å²) in [6, 6.07) is 6.89. The summed E-state index contributed by atoms with van der Waals surface area (Å²) < 4.78 is 0. The average molecular weight is 339 g/mol. The molecule has 0 bridgehead atoms. The summed E-state index contributed by atoms with van der Waals surface area (Å²) in [7, 11) is 2.23. The number of fused-ring (bicyclic) bond motifs is 2. The SMILES string of the molecule is CN1CCC2(C1)CN(CC1CC1)c1ccc(C(=O)NC3CCC3)cc12. The van der Waals surface area contributed by atoms with Gasteiger partial charge in [0.15, 0.2) is 0 Å². The van der Waals surface area contributed by atoms with Crippen molar-refractivity contribution >= 4 is 11.6 Å². The first-order chi connectivity index (χ1) is 12.1. The van der Waals surface area contributed by atoms with Crippen molar-refractivity contribution in [3.8, 4) is 0 Å². The predicted octanol–water partition coefficient (Wildman–Crippen LogP) is 2.77. The smallest absolute Gasteiger partial charge is 0.251 e. The van der Waals surface area contributed by atoms with Crippen molar-refractivity contribution in [2.75, 3.05) is 38.1 Å². The van der Waals surface area contributed by atoms with Gasteiger partial charge in [0.05, 0.1) is 0 Å². The van der Waals surface area contributed by atoms with E-state index < -0.39 is 0 Å². The van der Waals surface area contributed by atoms with Gasteiger partial charge in [-0.15, -0.1) is 0 Å². The Balaban J connectivity index is 1.45.